The number of rotatable bonds is 5. The molecule has 0 aliphatic carbocycles. The molecule has 2 heterocycles. The van der Waals surface area contributed by atoms with Gasteiger partial charge in [0.25, 0.3) is 11.7 Å². The van der Waals surface area contributed by atoms with Gasteiger partial charge in [0, 0.05) is 5.56 Å². The number of halogens is 1. The van der Waals surface area contributed by atoms with E-state index in [1.807, 2.05) is 30.3 Å². The number of hydrogen-bond acceptors (Lipinski definition) is 7. The Morgan fingerprint density at radius 1 is 1.10 bits per heavy atom. The minimum atomic E-state index is -0.787. The van der Waals surface area contributed by atoms with Crippen molar-refractivity contribution in [2.75, 3.05) is 0 Å². The zero-order valence-electron chi connectivity index (χ0n) is 15.6. The molecule has 2 aromatic carbocycles. The quantitative estimate of drug-likeness (QED) is 0.477. The fraction of sp³-hybridized carbons (Fsp3) is 0.150. The number of aryl methyl sites for hydroxylation is 1. The van der Waals surface area contributed by atoms with Crippen molar-refractivity contribution in [2.45, 2.75) is 20.0 Å². The molecule has 146 valence electrons. The van der Waals surface area contributed by atoms with E-state index in [0.29, 0.717) is 17.4 Å². The molecule has 8 nitrogen and oxygen atoms in total. The Kier molecular flexibility index (Phi) is 4.86. The van der Waals surface area contributed by atoms with Crippen molar-refractivity contribution >= 4 is 5.97 Å². The summed E-state index contributed by atoms with van der Waals surface area (Å²) in [5, 5.41) is 12.1. The van der Waals surface area contributed by atoms with Gasteiger partial charge in [-0.05, 0) is 50.2 Å². The predicted molar refractivity (Wildman–Crippen MR) is 99.6 cm³/mol. The molecule has 4 aromatic rings. The van der Waals surface area contributed by atoms with Crippen molar-refractivity contribution in [1.29, 1.82) is 0 Å². The third kappa shape index (κ3) is 3.88. The molecule has 9 heteroatoms. The summed E-state index contributed by atoms with van der Waals surface area (Å²) in [6, 6.07) is 14.9. The maximum absolute atomic E-state index is 13.1. The van der Waals surface area contributed by atoms with Crippen LogP contribution < -0.4 is 0 Å². The minimum absolute atomic E-state index is 0.124. The largest absolute Gasteiger partial charge is 0.447 e. The number of nitrogens with zero attached hydrogens (tertiary/aromatic N) is 5. The van der Waals surface area contributed by atoms with E-state index in [4.69, 9.17) is 9.15 Å². The second kappa shape index (κ2) is 7.63. The number of benzene rings is 2. The van der Waals surface area contributed by atoms with Gasteiger partial charge in [-0.15, -0.1) is 15.3 Å². The Balaban J connectivity index is 1.49. The molecule has 0 N–H and O–H groups in total. The summed E-state index contributed by atoms with van der Waals surface area (Å²) in [6.07, 6.45) is -0.787. The zero-order chi connectivity index (χ0) is 20.4. The van der Waals surface area contributed by atoms with Crippen LogP contribution in [-0.2, 0) is 4.74 Å². The molecule has 0 aliphatic heterocycles. The highest BCUT2D eigenvalue weighted by Crippen LogP contribution is 2.22. The molecule has 4 rings (SSSR count). The van der Waals surface area contributed by atoms with E-state index in [2.05, 4.69) is 20.3 Å². The van der Waals surface area contributed by atoms with E-state index >= 15 is 0 Å². The number of carbonyl (C=O) groups excluding carboxylic acids is 1. The zero-order valence-corrected chi connectivity index (χ0v) is 15.6. The monoisotopic (exact) mass is 393 g/mol. The first kappa shape index (κ1) is 18.5. The number of carbonyl (C=O) groups is 1. The maximum Gasteiger partial charge on any atom is 0.379 e. The fourth-order valence-corrected chi connectivity index (χ4v) is 2.66. The van der Waals surface area contributed by atoms with E-state index in [1.54, 1.807) is 13.8 Å². The van der Waals surface area contributed by atoms with Crippen molar-refractivity contribution in [3.63, 3.8) is 0 Å². The lowest BCUT2D eigenvalue weighted by molar-refractivity contribution is 0.0265. The summed E-state index contributed by atoms with van der Waals surface area (Å²) in [5.74, 6) is -0.276. The van der Waals surface area contributed by atoms with Gasteiger partial charge < -0.3 is 9.15 Å². The van der Waals surface area contributed by atoms with Crippen molar-refractivity contribution in [1.82, 2.24) is 25.0 Å². The number of ether oxygens (including phenoxy) is 1. The van der Waals surface area contributed by atoms with Crippen LogP contribution in [0.1, 0.15) is 35.4 Å². The van der Waals surface area contributed by atoms with Crippen LogP contribution >= 0.6 is 0 Å². The van der Waals surface area contributed by atoms with Crippen molar-refractivity contribution in [3.05, 3.63) is 78.0 Å². The molecule has 29 heavy (non-hydrogen) atoms. The minimum Gasteiger partial charge on any atom is -0.447 e. The lowest BCUT2D eigenvalue weighted by Crippen LogP contribution is -2.11. The van der Waals surface area contributed by atoms with Gasteiger partial charge in [-0.2, -0.15) is 0 Å². The Labute approximate surface area is 165 Å². The molecule has 0 spiro atoms. The lowest BCUT2D eigenvalue weighted by Gasteiger charge is -2.07. The highest BCUT2D eigenvalue weighted by molar-refractivity contribution is 5.85. The molecule has 2 aromatic heterocycles. The van der Waals surface area contributed by atoms with Crippen LogP contribution in [0.25, 0.3) is 17.1 Å². The van der Waals surface area contributed by atoms with Crippen LogP contribution in [0.3, 0.4) is 0 Å². The molecular weight excluding hydrogens is 377 g/mol. The van der Waals surface area contributed by atoms with Crippen molar-refractivity contribution in [2.24, 2.45) is 0 Å². The summed E-state index contributed by atoms with van der Waals surface area (Å²) >= 11 is 0. The Hall–Kier alpha value is -3.88. The predicted octanol–water partition coefficient (Wildman–Crippen LogP) is 3.68. The van der Waals surface area contributed by atoms with Gasteiger partial charge in [0.2, 0.25) is 5.89 Å². The van der Waals surface area contributed by atoms with Crippen molar-refractivity contribution in [3.8, 4) is 17.1 Å². The first-order valence-corrected chi connectivity index (χ1v) is 8.80. The first-order chi connectivity index (χ1) is 14.0. The Morgan fingerprint density at radius 2 is 1.83 bits per heavy atom. The molecule has 1 unspecified atom stereocenters. The SMILES string of the molecule is Cc1nc(C(=O)OC(C)c2nnc(-c3ccccc3)o2)nn1-c1ccc(F)cc1. The van der Waals surface area contributed by atoms with Gasteiger partial charge in [-0.1, -0.05) is 18.2 Å². The van der Waals surface area contributed by atoms with Gasteiger partial charge in [0.1, 0.15) is 11.6 Å². The van der Waals surface area contributed by atoms with Gasteiger partial charge in [0.15, 0.2) is 6.10 Å². The molecule has 0 saturated heterocycles. The lowest BCUT2D eigenvalue weighted by atomic mass is 10.2. The molecule has 0 amide bonds. The van der Waals surface area contributed by atoms with Crippen LogP contribution in [0.4, 0.5) is 4.39 Å². The smallest absolute Gasteiger partial charge is 0.379 e. The van der Waals surface area contributed by atoms with Crippen molar-refractivity contribution < 1.29 is 18.3 Å². The molecule has 0 fully saturated rings. The molecule has 0 saturated carbocycles. The first-order valence-electron chi connectivity index (χ1n) is 8.80. The topological polar surface area (TPSA) is 95.9 Å². The summed E-state index contributed by atoms with van der Waals surface area (Å²) in [4.78, 5) is 16.6. The van der Waals surface area contributed by atoms with Gasteiger partial charge in [-0.25, -0.2) is 18.9 Å². The second-order valence-electron chi connectivity index (χ2n) is 6.23. The number of hydrogen-bond donors (Lipinski definition) is 0. The van der Waals surface area contributed by atoms with Crippen LogP contribution in [0.5, 0.6) is 0 Å². The highest BCUT2D eigenvalue weighted by atomic mass is 19.1. The average Bonchev–Trinajstić information content (AvgIpc) is 3.37. The third-order valence-corrected chi connectivity index (χ3v) is 4.12. The Morgan fingerprint density at radius 3 is 2.55 bits per heavy atom. The van der Waals surface area contributed by atoms with E-state index in [9.17, 15) is 9.18 Å². The summed E-state index contributed by atoms with van der Waals surface area (Å²) in [7, 11) is 0. The van der Waals surface area contributed by atoms with E-state index in [-0.39, 0.29) is 17.5 Å². The van der Waals surface area contributed by atoms with Gasteiger partial charge in [0.05, 0.1) is 5.69 Å². The second-order valence-corrected chi connectivity index (χ2v) is 6.23. The van der Waals surface area contributed by atoms with Crippen LogP contribution in [0.15, 0.2) is 59.0 Å². The van der Waals surface area contributed by atoms with E-state index < -0.39 is 12.1 Å². The fourth-order valence-electron chi connectivity index (χ4n) is 2.66. The molecule has 0 aliphatic rings. The van der Waals surface area contributed by atoms with E-state index in [1.165, 1.54) is 28.9 Å². The van der Waals surface area contributed by atoms with Crippen LogP contribution in [0, 0.1) is 12.7 Å². The normalized spacial score (nSPS) is 12.0. The summed E-state index contributed by atoms with van der Waals surface area (Å²) in [6.45, 7) is 3.30. The molecule has 1 atom stereocenters. The van der Waals surface area contributed by atoms with Crippen LogP contribution in [-0.4, -0.2) is 30.9 Å². The average molecular weight is 393 g/mol. The number of esters is 1. The van der Waals surface area contributed by atoms with Crippen LogP contribution in [0.2, 0.25) is 0 Å². The van der Waals surface area contributed by atoms with Gasteiger partial charge >= 0.3 is 5.97 Å². The number of aromatic nitrogens is 5. The standard InChI is InChI=1S/C20H16FN5O3/c1-12(18-23-24-19(29-18)14-6-4-3-5-7-14)28-20(27)17-22-13(2)26(25-17)16-10-8-15(21)9-11-16/h3-12H,1-2H3. The maximum atomic E-state index is 13.1. The summed E-state index contributed by atoms with van der Waals surface area (Å²) in [5.41, 5.74) is 1.34. The Bertz CT molecular complexity index is 1140. The third-order valence-electron chi connectivity index (χ3n) is 4.12. The van der Waals surface area contributed by atoms with Gasteiger partial charge in [-0.3, -0.25) is 0 Å². The highest BCUT2D eigenvalue weighted by Gasteiger charge is 2.23. The molecule has 0 radical (unpaired) electrons. The molecular formula is C20H16FN5O3. The summed E-state index contributed by atoms with van der Waals surface area (Å²) < 4.78 is 25.5. The van der Waals surface area contributed by atoms with E-state index in [0.717, 1.165) is 5.56 Å². The molecule has 0 bridgehead atoms.